The Balaban J connectivity index is 1.90. The second-order valence-corrected chi connectivity index (χ2v) is 6.81. The number of halogens is 2. The highest BCUT2D eigenvalue weighted by molar-refractivity contribution is 14.1. The zero-order chi connectivity index (χ0) is 14.4. The topological polar surface area (TPSA) is 18.5 Å². The molecule has 0 aromatic heterocycles. The smallest absolute Gasteiger partial charge is 0.133 e. The van der Waals surface area contributed by atoms with Crippen LogP contribution >= 0.6 is 34.2 Å². The van der Waals surface area contributed by atoms with Crippen LogP contribution in [0.4, 0.5) is 0 Å². The average molecular weight is 413 g/mol. The van der Waals surface area contributed by atoms with E-state index in [-0.39, 0.29) is 6.10 Å². The fraction of sp³-hybridized carbons (Fsp3) is 0.294. The summed E-state index contributed by atoms with van der Waals surface area (Å²) >= 11 is 8.59. The third-order valence-electron chi connectivity index (χ3n) is 4.21. The van der Waals surface area contributed by atoms with Gasteiger partial charge in [0.15, 0.2) is 0 Å². The van der Waals surface area contributed by atoms with Gasteiger partial charge in [0.05, 0.1) is 12.2 Å². The molecule has 2 aliphatic heterocycles. The number of para-hydroxylation sites is 1. The van der Waals surface area contributed by atoms with Gasteiger partial charge in [0.1, 0.15) is 11.5 Å². The molecule has 108 valence electrons. The third-order valence-corrected chi connectivity index (χ3v) is 5.43. The predicted octanol–water partition coefficient (Wildman–Crippen LogP) is 5.49. The second kappa shape index (κ2) is 5.45. The van der Waals surface area contributed by atoms with Crippen LogP contribution in [-0.2, 0) is 4.74 Å². The van der Waals surface area contributed by atoms with Crippen molar-refractivity contribution in [3.8, 4) is 11.5 Å². The molecule has 2 heterocycles. The Morgan fingerprint density at radius 1 is 1.10 bits per heavy atom. The Hall–Kier alpha value is -0.780. The first-order valence-corrected chi connectivity index (χ1v) is 8.94. The molecular formula is C17H14ClIO2. The number of hydrogen-bond donors (Lipinski definition) is 0. The van der Waals surface area contributed by atoms with E-state index < -0.39 is 0 Å². The lowest BCUT2D eigenvalue weighted by Gasteiger charge is -2.17. The highest BCUT2D eigenvalue weighted by Crippen LogP contribution is 2.53. The van der Waals surface area contributed by atoms with E-state index in [0.717, 1.165) is 32.9 Å². The Morgan fingerprint density at radius 3 is 2.76 bits per heavy atom. The molecule has 0 amide bonds. The number of fused-ring (bicyclic) bond motifs is 5. The molecule has 1 saturated heterocycles. The lowest BCUT2D eigenvalue weighted by molar-refractivity contribution is 0.0549. The number of benzene rings is 2. The minimum atomic E-state index is 0.0297. The van der Waals surface area contributed by atoms with E-state index in [1.165, 1.54) is 5.56 Å². The van der Waals surface area contributed by atoms with Gasteiger partial charge >= 0.3 is 0 Å². The zero-order valence-electron chi connectivity index (χ0n) is 11.3. The fourth-order valence-electron chi connectivity index (χ4n) is 3.28. The van der Waals surface area contributed by atoms with Crippen LogP contribution in [0.3, 0.4) is 0 Å². The van der Waals surface area contributed by atoms with Crippen molar-refractivity contribution in [1.29, 1.82) is 0 Å². The van der Waals surface area contributed by atoms with Gasteiger partial charge in [0.25, 0.3) is 0 Å². The van der Waals surface area contributed by atoms with Crippen molar-refractivity contribution in [3.63, 3.8) is 0 Å². The van der Waals surface area contributed by atoms with Crippen LogP contribution in [0, 0.1) is 0 Å². The molecule has 4 rings (SSSR count). The largest absolute Gasteiger partial charge is 0.457 e. The maximum atomic E-state index is 6.29. The fourth-order valence-corrected chi connectivity index (χ4v) is 4.02. The van der Waals surface area contributed by atoms with Crippen LogP contribution in [0.1, 0.15) is 29.6 Å². The van der Waals surface area contributed by atoms with Crippen molar-refractivity contribution in [1.82, 2.24) is 0 Å². The summed E-state index contributed by atoms with van der Waals surface area (Å²) in [5.41, 5.74) is 2.30. The second-order valence-electron chi connectivity index (χ2n) is 5.50. The molecule has 0 spiro atoms. The maximum Gasteiger partial charge on any atom is 0.133 e. The van der Waals surface area contributed by atoms with Gasteiger partial charge in [-0.25, -0.2) is 0 Å². The van der Waals surface area contributed by atoms with E-state index in [4.69, 9.17) is 21.1 Å². The lowest BCUT2D eigenvalue weighted by atomic mass is 9.88. The SMILES string of the molecule is Clc1ccc2c(c1)[C@H]1OC(CI)C[C@@H]1c1ccccc1O2. The van der Waals surface area contributed by atoms with Gasteiger partial charge < -0.3 is 9.47 Å². The molecule has 2 aromatic carbocycles. The Kier molecular flexibility index (Phi) is 3.59. The molecule has 2 nitrogen and oxygen atoms in total. The molecule has 4 heteroatoms. The quantitative estimate of drug-likeness (QED) is 0.455. The van der Waals surface area contributed by atoms with E-state index in [9.17, 15) is 0 Å². The highest BCUT2D eigenvalue weighted by atomic mass is 127. The third kappa shape index (κ3) is 2.35. The Labute approximate surface area is 142 Å². The van der Waals surface area contributed by atoms with Gasteiger partial charge in [0, 0.05) is 26.5 Å². The number of hydrogen-bond acceptors (Lipinski definition) is 2. The summed E-state index contributed by atoms with van der Waals surface area (Å²) in [6.07, 6.45) is 1.35. The van der Waals surface area contributed by atoms with Crippen molar-refractivity contribution in [2.75, 3.05) is 4.43 Å². The van der Waals surface area contributed by atoms with E-state index >= 15 is 0 Å². The van der Waals surface area contributed by atoms with Crippen LogP contribution in [0.15, 0.2) is 42.5 Å². The van der Waals surface area contributed by atoms with Crippen molar-refractivity contribution in [2.45, 2.75) is 24.5 Å². The van der Waals surface area contributed by atoms with Crippen LogP contribution in [0.25, 0.3) is 0 Å². The Bertz CT molecular complexity index is 688. The van der Waals surface area contributed by atoms with Crippen LogP contribution < -0.4 is 4.74 Å². The predicted molar refractivity (Wildman–Crippen MR) is 91.8 cm³/mol. The first kappa shape index (κ1) is 13.9. The van der Waals surface area contributed by atoms with Gasteiger partial charge in [-0.15, -0.1) is 0 Å². The number of rotatable bonds is 1. The monoisotopic (exact) mass is 412 g/mol. The van der Waals surface area contributed by atoms with Crippen LogP contribution in [0.5, 0.6) is 11.5 Å². The molecule has 0 N–H and O–H groups in total. The Morgan fingerprint density at radius 2 is 1.90 bits per heavy atom. The zero-order valence-corrected chi connectivity index (χ0v) is 14.2. The van der Waals surface area contributed by atoms with Crippen molar-refractivity contribution in [3.05, 3.63) is 58.6 Å². The van der Waals surface area contributed by atoms with Crippen molar-refractivity contribution >= 4 is 34.2 Å². The van der Waals surface area contributed by atoms with Gasteiger partial charge in [-0.3, -0.25) is 0 Å². The molecule has 1 unspecified atom stereocenters. The molecule has 0 saturated carbocycles. The van der Waals surface area contributed by atoms with E-state index in [0.29, 0.717) is 12.0 Å². The molecule has 3 atom stereocenters. The van der Waals surface area contributed by atoms with Crippen LogP contribution in [-0.4, -0.2) is 10.5 Å². The minimum absolute atomic E-state index is 0.0297. The van der Waals surface area contributed by atoms with E-state index in [1.807, 2.05) is 30.3 Å². The summed E-state index contributed by atoms with van der Waals surface area (Å²) in [6.45, 7) is 0. The van der Waals surface area contributed by atoms with E-state index in [1.54, 1.807) is 0 Å². The van der Waals surface area contributed by atoms with Gasteiger partial charge in [0.2, 0.25) is 0 Å². The summed E-state index contributed by atoms with van der Waals surface area (Å²) in [5.74, 6) is 2.13. The normalized spacial score (nSPS) is 26.3. The van der Waals surface area contributed by atoms with Crippen molar-refractivity contribution in [2.24, 2.45) is 0 Å². The van der Waals surface area contributed by atoms with Gasteiger partial charge in [-0.05, 0) is 30.7 Å². The van der Waals surface area contributed by atoms with E-state index in [2.05, 4.69) is 34.7 Å². The summed E-state index contributed by atoms with van der Waals surface area (Å²) in [5, 5.41) is 0.726. The molecular weight excluding hydrogens is 399 g/mol. The molecule has 0 bridgehead atoms. The van der Waals surface area contributed by atoms with Gasteiger partial charge in [-0.2, -0.15) is 0 Å². The maximum absolute atomic E-state index is 6.29. The lowest BCUT2D eigenvalue weighted by Crippen LogP contribution is -2.07. The molecule has 2 aliphatic rings. The standard InChI is InChI=1S/C17H14ClIO2/c18-10-5-6-16-14(7-10)17-13(8-11(9-19)20-17)12-3-1-2-4-15(12)21-16/h1-7,11,13,17H,8-9H2/t11?,13-,17+/m1/s1. The van der Waals surface area contributed by atoms with Gasteiger partial charge in [-0.1, -0.05) is 52.4 Å². The summed E-state index contributed by atoms with van der Waals surface area (Å²) in [7, 11) is 0. The highest BCUT2D eigenvalue weighted by Gasteiger charge is 2.41. The first-order valence-electron chi connectivity index (χ1n) is 7.04. The number of alkyl halides is 1. The average Bonchev–Trinajstić information content (AvgIpc) is 2.89. The summed E-state index contributed by atoms with van der Waals surface area (Å²) in [4.78, 5) is 0. The minimum Gasteiger partial charge on any atom is -0.457 e. The van der Waals surface area contributed by atoms with Crippen LogP contribution in [0.2, 0.25) is 5.02 Å². The molecule has 1 fully saturated rings. The molecule has 2 aromatic rings. The molecule has 0 radical (unpaired) electrons. The molecule has 0 aliphatic carbocycles. The number of ether oxygens (including phenoxy) is 2. The summed E-state index contributed by atoms with van der Waals surface area (Å²) < 4.78 is 13.4. The van der Waals surface area contributed by atoms with Crippen molar-refractivity contribution < 1.29 is 9.47 Å². The molecule has 21 heavy (non-hydrogen) atoms. The summed E-state index contributed by atoms with van der Waals surface area (Å²) in [6, 6.07) is 14.1. The first-order chi connectivity index (χ1) is 10.3.